The molecule has 1 heterocycles. The summed E-state index contributed by atoms with van der Waals surface area (Å²) in [7, 11) is 0. The minimum atomic E-state index is -0.525. The van der Waals surface area contributed by atoms with E-state index in [4.69, 9.17) is 4.74 Å². The summed E-state index contributed by atoms with van der Waals surface area (Å²) in [4.78, 5) is 27.4. The Morgan fingerprint density at radius 3 is 2.15 bits per heavy atom. The zero-order chi connectivity index (χ0) is 19.1. The molecule has 142 valence electrons. The van der Waals surface area contributed by atoms with Gasteiger partial charge < -0.3 is 9.64 Å². The van der Waals surface area contributed by atoms with Crippen LogP contribution in [0, 0.1) is 0 Å². The summed E-state index contributed by atoms with van der Waals surface area (Å²) in [5, 5.41) is 0. The number of esters is 1. The monoisotopic (exact) mass is 365 g/mol. The largest absolute Gasteiger partial charge is 0.455 e. The average Bonchev–Trinajstić information content (AvgIpc) is 2.73. The van der Waals surface area contributed by atoms with Crippen molar-refractivity contribution in [2.45, 2.75) is 44.6 Å². The highest BCUT2D eigenvalue weighted by Crippen LogP contribution is 2.26. The number of hydrogen-bond donors (Lipinski definition) is 0. The van der Waals surface area contributed by atoms with Crippen molar-refractivity contribution in [2.75, 3.05) is 13.2 Å². The number of likely N-dealkylation sites (tertiary alicyclic amines) is 1. The molecule has 0 N–H and O–H groups in total. The van der Waals surface area contributed by atoms with Crippen molar-refractivity contribution in [3.63, 3.8) is 0 Å². The number of benzene rings is 2. The first-order chi connectivity index (χ1) is 13.2. The summed E-state index contributed by atoms with van der Waals surface area (Å²) in [6.07, 6.45) is 4.15. The molecule has 2 aromatic rings. The van der Waals surface area contributed by atoms with E-state index in [0.717, 1.165) is 43.4 Å². The van der Waals surface area contributed by atoms with Crippen molar-refractivity contribution in [2.24, 2.45) is 0 Å². The fraction of sp³-hybridized carbons (Fsp3) is 0.391. The van der Waals surface area contributed by atoms with Crippen LogP contribution < -0.4 is 0 Å². The van der Waals surface area contributed by atoms with Crippen LogP contribution in [0.15, 0.2) is 60.7 Å². The summed E-state index contributed by atoms with van der Waals surface area (Å²) >= 11 is 0. The summed E-state index contributed by atoms with van der Waals surface area (Å²) in [5.41, 5.74) is 1.73. The third kappa shape index (κ3) is 4.76. The van der Waals surface area contributed by atoms with Crippen LogP contribution in [-0.4, -0.2) is 36.0 Å². The van der Waals surface area contributed by atoms with Gasteiger partial charge in [0.25, 0.3) is 5.91 Å². The first kappa shape index (κ1) is 19.2. The Labute approximate surface area is 161 Å². The highest BCUT2D eigenvalue weighted by atomic mass is 16.5. The second-order valence-electron chi connectivity index (χ2n) is 7.01. The van der Waals surface area contributed by atoms with Gasteiger partial charge in [-0.25, -0.2) is 0 Å². The fourth-order valence-electron chi connectivity index (χ4n) is 3.81. The van der Waals surface area contributed by atoms with Gasteiger partial charge in [-0.3, -0.25) is 9.59 Å². The van der Waals surface area contributed by atoms with Gasteiger partial charge in [-0.05, 0) is 36.8 Å². The minimum absolute atomic E-state index is 0.0882. The molecular weight excluding hydrogens is 338 g/mol. The van der Waals surface area contributed by atoms with Crippen molar-refractivity contribution in [3.8, 4) is 0 Å². The fourth-order valence-corrected chi connectivity index (χ4v) is 3.81. The van der Waals surface area contributed by atoms with E-state index in [1.54, 1.807) is 0 Å². The topological polar surface area (TPSA) is 46.6 Å². The van der Waals surface area contributed by atoms with Crippen molar-refractivity contribution in [1.29, 1.82) is 0 Å². The van der Waals surface area contributed by atoms with E-state index in [-0.39, 0.29) is 24.5 Å². The molecule has 1 aliphatic heterocycles. The zero-order valence-electron chi connectivity index (χ0n) is 15.8. The summed E-state index contributed by atoms with van der Waals surface area (Å²) < 4.78 is 5.49. The quantitative estimate of drug-likeness (QED) is 0.723. The van der Waals surface area contributed by atoms with Gasteiger partial charge in [0.15, 0.2) is 6.61 Å². The van der Waals surface area contributed by atoms with Gasteiger partial charge in [-0.15, -0.1) is 0 Å². The smallest absolute Gasteiger partial charge is 0.318 e. The Morgan fingerprint density at radius 2 is 1.59 bits per heavy atom. The van der Waals surface area contributed by atoms with Crippen LogP contribution in [0.3, 0.4) is 0 Å². The molecule has 1 fully saturated rings. The third-order valence-corrected chi connectivity index (χ3v) is 5.26. The third-order valence-electron chi connectivity index (χ3n) is 5.26. The average molecular weight is 365 g/mol. The number of ether oxygens (including phenoxy) is 1. The van der Waals surface area contributed by atoms with Crippen molar-refractivity contribution < 1.29 is 14.3 Å². The lowest BCUT2D eigenvalue weighted by Crippen LogP contribution is -2.45. The van der Waals surface area contributed by atoms with Crippen LogP contribution in [0.1, 0.15) is 49.7 Å². The van der Waals surface area contributed by atoms with E-state index in [9.17, 15) is 9.59 Å². The van der Waals surface area contributed by atoms with E-state index in [1.165, 1.54) is 0 Å². The Hall–Kier alpha value is -2.62. The van der Waals surface area contributed by atoms with Crippen LogP contribution in [0.25, 0.3) is 0 Å². The van der Waals surface area contributed by atoms with Gasteiger partial charge >= 0.3 is 5.97 Å². The predicted octanol–water partition coefficient (Wildman–Crippen LogP) is 4.15. The van der Waals surface area contributed by atoms with Crippen molar-refractivity contribution in [3.05, 3.63) is 71.8 Å². The standard InChI is InChI=1S/C23H27NO3/c1-2-20-15-9-10-16-24(20)21(25)17-27-23(26)22(18-11-5-3-6-12-18)19-13-7-4-8-14-19/h3-8,11-14,20,22H,2,9-10,15-17H2,1H3. The Morgan fingerprint density at radius 1 is 1.00 bits per heavy atom. The number of nitrogens with zero attached hydrogens (tertiary/aromatic N) is 1. The highest BCUT2D eigenvalue weighted by molar-refractivity contribution is 5.85. The van der Waals surface area contributed by atoms with Gasteiger partial charge in [-0.1, -0.05) is 67.6 Å². The molecule has 0 spiro atoms. The van der Waals surface area contributed by atoms with E-state index in [2.05, 4.69) is 6.92 Å². The lowest BCUT2D eigenvalue weighted by molar-refractivity contribution is -0.154. The van der Waals surface area contributed by atoms with Gasteiger partial charge in [0.05, 0.1) is 0 Å². The number of hydrogen-bond acceptors (Lipinski definition) is 3. The summed E-state index contributed by atoms with van der Waals surface area (Å²) in [6.45, 7) is 2.67. The zero-order valence-corrected chi connectivity index (χ0v) is 15.8. The van der Waals surface area contributed by atoms with Crippen LogP contribution in [0.4, 0.5) is 0 Å². The second-order valence-corrected chi connectivity index (χ2v) is 7.01. The summed E-state index contributed by atoms with van der Waals surface area (Å²) in [5.74, 6) is -0.996. The molecule has 4 heteroatoms. The molecule has 0 radical (unpaired) electrons. The Balaban J connectivity index is 1.71. The molecular formula is C23H27NO3. The first-order valence-corrected chi connectivity index (χ1v) is 9.76. The molecule has 4 nitrogen and oxygen atoms in total. The van der Waals surface area contributed by atoms with Crippen LogP contribution in [-0.2, 0) is 14.3 Å². The second kappa shape index (κ2) is 9.36. The van der Waals surface area contributed by atoms with Gasteiger partial charge in [0.2, 0.25) is 0 Å². The lowest BCUT2D eigenvalue weighted by Gasteiger charge is -2.35. The van der Waals surface area contributed by atoms with Crippen LogP contribution >= 0.6 is 0 Å². The number of carbonyl (C=O) groups is 2. The maximum Gasteiger partial charge on any atom is 0.318 e. The predicted molar refractivity (Wildman–Crippen MR) is 105 cm³/mol. The maximum absolute atomic E-state index is 12.9. The van der Waals surface area contributed by atoms with E-state index in [1.807, 2.05) is 65.6 Å². The van der Waals surface area contributed by atoms with Gasteiger partial charge in [0.1, 0.15) is 5.92 Å². The minimum Gasteiger partial charge on any atom is -0.455 e. The van der Waals surface area contributed by atoms with Crippen LogP contribution in [0.2, 0.25) is 0 Å². The van der Waals surface area contributed by atoms with Crippen molar-refractivity contribution >= 4 is 11.9 Å². The molecule has 1 saturated heterocycles. The van der Waals surface area contributed by atoms with E-state index in [0.29, 0.717) is 0 Å². The molecule has 3 rings (SSSR count). The molecule has 2 aromatic carbocycles. The van der Waals surface area contributed by atoms with E-state index >= 15 is 0 Å². The Kier molecular flexibility index (Phi) is 6.64. The van der Waals surface area contributed by atoms with Gasteiger partial charge in [0, 0.05) is 12.6 Å². The first-order valence-electron chi connectivity index (χ1n) is 9.76. The number of piperidine rings is 1. The SMILES string of the molecule is CCC1CCCCN1C(=O)COC(=O)C(c1ccccc1)c1ccccc1. The molecule has 1 atom stereocenters. The van der Waals surface area contributed by atoms with E-state index < -0.39 is 5.92 Å². The normalized spacial score (nSPS) is 17.0. The number of carbonyl (C=O) groups excluding carboxylic acids is 2. The molecule has 1 unspecified atom stereocenters. The van der Waals surface area contributed by atoms with Gasteiger partial charge in [-0.2, -0.15) is 0 Å². The lowest BCUT2D eigenvalue weighted by atomic mass is 9.91. The number of rotatable bonds is 6. The molecule has 1 aliphatic rings. The molecule has 27 heavy (non-hydrogen) atoms. The summed E-state index contributed by atoms with van der Waals surface area (Å²) in [6, 6.07) is 19.4. The molecule has 0 aromatic heterocycles. The molecule has 1 amide bonds. The molecule has 0 saturated carbocycles. The maximum atomic E-state index is 12.9. The molecule has 0 bridgehead atoms. The molecule has 0 aliphatic carbocycles. The number of amides is 1. The van der Waals surface area contributed by atoms with Crippen molar-refractivity contribution in [1.82, 2.24) is 4.90 Å². The highest BCUT2D eigenvalue weighted by Gasteiger charge is 2.28. The van der Waals surface area contributed by atoms with Crippen LogP contribution in [0.5, 0.6) is 0 Å². The Bertz CT molecular complexity index is 705.